The van der Waals surface area contributed by atoms with Crippen LogP contribution in [0.3, 0.4) is 0 Å². The Balaban J connectivity index is 2.06. The number of carbonyl (C=O) groups excluding carboxylic acids is 3. The molecule has 0 saturated heterocycles. The van der Waals surface area contributed by atoms with E-state index in [1.807, 2.05) is 0 Å². The third kappa shape index (κ3) is 4.94. The number of anilines is 1. The minimum Gasteiger partial charge on any atom is -0.448 e. The maximum absolute atomic E-state index is 13.0. The van der Waals surface area contributed by atoms with Crippen LogP contribution in [0.4, 0.5) is 18.9 Å². The molecule has 1 atom stereocenters. The zero-order valence-corrected chi connectivity index (χ0v) is 14.1. The van der Waals surface area contributed by atoms with Gasteiger partial charge in [-0.1, -0.05) is 11.6 Å². The molecule has 0 fully saturated rings. The number of amides is 2. The number of benzene rings is 1. The average Bonchev–Trinajstić information content (AvgIpc) is 2.56. The SMILES string of the molecule is C[C@H](OC(=O)C1=NNC(=O)CC1)C(=O)Nc1ccc(Cl)cc1C(F)(F)F. The van der Waals surface area contributed by atoms with E-state index < -0.39 is 35.4 Å². The molecule has 0 unspecified atom stereocenters. The standard InChI is InChI=1S/C15H13ClF3N3O4/c1-7(26-14(25)11-4-5-12(23)22-21-11)13(24)20-10-3-2-8(16)6-9(10)15(17,18)19/h2-3,6-7H,4-5H2,1H3,(H,20,24)(H,22,23)/t7-/m0/s1. The number of nitrogens with one attached hydrogen (secondary N) is 2. The number of ether oxygens (including phenoxy) is 1. The fourth-order valence-corrected chi connectivity index (χ4v) is 2.17. The van der Waals surface area contributed by atoms with E-state index in [-0.39, 0.29) is 29.5 Å². The van der Waals surface area contributed by atoms with Crippen LogP contribution < -0.4 is 10.7 Å². The molecule has 0 aromatic heterocycles. The van der Waals surface area contributed by atoms with Crippen molar-refractivity contribution in [2.24, 2.45) is 5.10 Å². The molecule has 0 saturated carbocycles. The van der Waals surface area contributed by atoms with Gasteiger partial charge in [-0.05, 0) is 25.1 Å². The zero-order valence-electron chi connectivity index (χ0n) is 13.3. The van der Waals surface area contributed by atoms with Crippen molar-refractivity contribution in [3.8, 4) is 0 Å². The molecule has 0 bridgehead atoms. The van der Waals surface area contributed by atoms with Crippen molar-refractivity contribution in [1.29, 1.82) is 0 Å². The Morgan fingerprint density at radius 1 is 1.35 bits per heavy atom. The summed E-state index contributed by atoms with van der Waals surface area (Å²) in [7, 11) is 0. The summed E-state index contributed by atoms with van der Waals surface area (Å²) in [5.74, 6) is -2.28. The van der Waals surface area contributed by atoms with E-state index in [2.05, 4.69) is 15.8 Å². The summed E-state index contributed by atoms with van der Waals surface area (Å²) in [6.45, 7) is 1.19. The van der Waals surface area contributed by atoms with Crippen molar-refractivity contribution >= 4 is 40.8 Å². The summed E-state index contributed by atoms with van der Waals surface area (Å²) in [4.78, 5) is 34.9. The predicted octanol–water partition coefficient (Wildman–Crippen LogP) is 2.50. The smallest absolute Gasteiger partial charge is 0.418 e. The van der Waals surface area contributed by atoms with Crippen LogP contribution in [0.15, 0.2) is 23.3 Å². The number of nitrogens with zero attached hydrogens (tertiary/aromatic N) is 1. The third-order valence-electron chi connectivity index (χ3n) is 3.34. The molecule has 2 N–H and O–H groups in total. The number of halogens is 4. The molecule has 0 aliphatic carbocycles. The van der Waals surface area contributed by atoms with Gasteiger partial charge in [-0.15, -0.1) is 0 Å². The van der Waals surface area contributed by atoms with Crippen LogP contribution in [-0.2, 0) is 25.3 Å². The summed E-state index contributed by atoms with van der Waals surface area (Å²) < 4.78 is 43.9. The second kappa shape index (κ2) is 7.73. The zero-order chi connectivity index (χ0) is 19.5. The Morgan fingerprint density at radius 3 is 2.62 bits per heavy atom. The highest BCUT2D eigenvalue weighted by Crippen LogP contribution is 2.36. The Kier molecular flexibility index (Phi) is 5.86. The van der Waals surface area contributed by atoms with Crippen LogP contribution in [0.5, 0.6) is 0 Å². The second-order valence-electron chi connectivity index (χ2n) is 5.32. The summed E-state index contributed by atoms with van der Waals surface area (Å²) in [6, 6.07) is 2.86. The number of hydrogen-bond donors (Lipinski definition) is 2. The normalized spacial score (nSPS) is 15.6. The quantitative estimate of drug-likeness (QED) is 0.771. The van der Waals surface area contributed by atoms with Crippen molar-refractivity contribution in [3.63, 3.8) is 0 Å². The first-order valence-electron chi connectivity index (χ1n) is 7.32. The van der Waals surface area contributed by atoms with Crippen LogP contribution in [0.1, 0.15) is 25.3 Å². The van der Waals surface area contributed by atoms with E-state index in [1.165, 1.54) is 13.0 Å². The molecule has 1 aliphatic heterocycles. The first kappa shape index (κ1) is 19.7. The first-order valence-corrected chi connectivity index (χ1v) is 7.69. The molecule has 1 heterocycles. The van der Waals surface area contributed by atoms with Gasteiger partial charge in [0.05, 0.1) is 11.3 Å². The molecule has 2 rings (SSSR count). The summed E-state index contributed by atoms with van der Waals surface area (Å²) in [5, 5.41) is 5.42. The lowest BCUT2D eigenvalue weighted by molar-refractivity contribution is -0.146. The lowest BCUT2D eigenvalue weighted by Crippen LogP contribution is -2.36. The van der Waals surface area contributed by atoms with E-state index >= 15 is 0 Å². The van der Waals surface area contributed by atoms with Gasteiger partial charge in [0.25, 0.3) is 5.91 Å². The first-order chi connectivity index (χ1) is 12.1. The highest BCUT2D eigenvalue weighted by Gasteiger charge is 2.35. The Labute approximate surface area is 150 Å². The van der Waals surface area contributed by atoms with Crippen LogP contribution in [0.25, 0.3) is 0 Å². The Hall–Kier alpha value is -2.62. The van der Waals surface area contributed by atoms with E-state index in [4.69, 9.17) is 16.3 Å². The van der Waals surface area contributed by atoms with Crippen molar-refractivity contribution in [3.05, 3.63) is 28.8 Å². The van der Waals surface area contributed by atoms with Gasteiger partial charge in [0, 0.05) is 17.9 Å². The van der Waals surface area contributed by atoms with Crippen LogP contribution in [0.2, 0.25) is 5.02 Å². The lowest BCUT2D eigenvalue weighted by atomic mass is 10.1. The molecule has 1 aliphatic rings. The fourth-order valence-electron chi connectivity index (χ4n) is 2.00. The Bertz CT molecular complexity index is 780. The van der Waals surface area contributed by atoms with Gasteiger partial charge in [0.2, 0.25) is 5.91 Å². The van der Waals surface area contributed by atoms with Gasteiger partial charge in [-0.3, -0.25) is 9.59 Å². The summed E-state index contributed by atoms with van der Waals surface area (Å²) >= 11 is 5.56. The molecule has 1 aromatic rings. The predicted molar refractivity (Wildman–Crippen MR) is 85.4 cm³/mol. The molecule has 7 nitrogen and oxygen atoms in total. The summed E-state index contributed by atoms with van der Waals surface area (Å²) in [6.07, 6.45) is -6.05. The van der Waals surface area contributed by atoms with Gasteiger partial charge in [-0.25, -0.2) is 10.2 Å². The number of hydrogen-bond acceptors (Lipinski definition) is 5. The van der Waals surface area contributed by atoms with E-state index in [0.717, 1.165) is 6.07 Å². The molecule has 0 spiro atoms. The molecular formula is C15H13ClF3N3O4. The lowest BCUT2D eigenvalue weighted by Gasteiger charge is -2.18. The molecular weight excluding hydrogens is 379 g/mol. The third-order valence-corrected chi connectivity index (χ3v) is 3.57. The van der Waals surface area contributed by atoms with Crippen molar-refractivity contribution in [2.45, 2.75) is 32.0 Å². The van der Waals surface area contributed by atoms with Crippen LogP contribution in [-0.4, -0.2) is 29.6 Å². The average molecular weight is 392 g/mol. The van der Waals surface area contributed by atoms with Gasteiger partial charge >= 0.3 is 12.1 Å². The number of carbonyl (C=O) groups is 3. The van der Waals surface area contributed by atoms with E-state index in [0.29, 0.717) is 6.07 Å². The largest absolute Gasteiger partial charge is 0.448 e. The monoisotopic (exact) mass is 391 g/mol. The summed E-state index contributed by atoms with van der Waals surface area (Å²) in [5.41, 5.74) is 0.359. The molecule has 26 heavy (non-hydrogen) atoms. The highest BCUT2D eigenvalue weighted by molar-refractivity contribution is 6.37. The van der Waals surface area contributed by atoms with Crippen molar-refractivity contribution < 1.29 is 32.3 Å². The number of rotatable bonds is 4. The molecule has 0 radical (unpaired) electrons. The van der Waals surface area contributed by atoms with Gasteiger partial charge < -0.3 is 10.1 Å². The minimum atomic E-state index is -4.73. The van der Waals surface area contributed by atoms with Crippen molar-refractivity contribution in [2.75, 3.05) is 5.32 Å². The topological polar surface area (TPSA) is 96.9 Å². The molecule has 2 amide bonds. The molecule has 11 heteroatoms. The van der Waals surface area contributed by atoms with Gasteiger partial charge in [0.15, 0.2) is 6.10 Å². The highest BCUT2D eigenvalue weighted by atomic mass is 35.5. The van der Waals surface area contributed by atoms with E-state index in [9.17, 15) is 27.6 Å². The van der Waals surface area contributed by atoms with Gasteiger partial charge in [-0.2, -0.15) is 18.3 Å². The van der Waals surface area contributed by atoms with Crippen LogP contribution in [0, 0.1) is 0 Å². The minimum absolute atomic E-state index is 0.0359. The van der Waals surface area contributed by atoms with Gasteiger partial charge in [0.1, 0.15) is 5.71 Å². The van der Waals surface area contributed by atoms with E-state index in [1.54, 1.807) is 0 Å². The maximum atomic E-state index is 13.0. The molecule has 1 aromatic carbocycles. The number of alkyl halides is 3. The second-order valence-corrected chi connectivity index (χ2v) is 5.75. The fraction of sp³-hybridized carbons (Fsp3) is 0.333. The Morgan fingerprint density at radius 2 is 2.04 bits per heavy atom. The molecule has 140 valence electrons. The maximum Gasteiger partial charge on any atom is 0.418 e. The van der Waals surface area contributed by atoms with Crippen molar-refractivity contribution in [1.82, 2.24) is 5.43 Å². The van der Waals surface area contributed by atoms with Crippen LogP contribution >= 0.6 is 11.6 Å². The number of esters is 1. The number of hydrazone groups is 1.